The third-order valence-corrected chi connectivity index (χ3v) is 6.42. The molecule has 3 heterocycles. The second-order valence-electron chi connectivity index (χ2n) is 8.29. The number of carbonyl (C=O) groups is 2. The molecule has 27 heavy (non-hydrogen) atoms. The second-order valence-corrected chi connectivity index (χ2v) is 8.29. The van der Waals surface area contributed by atoms with Gasteiger partial charge in [0.1, 0.15) is 6.04 Å². The Morgan fingerprint density at radius 1 is 1.22 bits per heavy atom. The molecule has 2 amide bonds. The maximum atomic E-state index is 13.0. The predicted octanol–water partition coefficient (Wildman–Crippen LogP) is 0.632. The van der Waals surface area contributed by atoms with Crippen LogP contribution in [0.5, 0.6) is 0 Å². The summed E-state index contributed by atoms with van der Waals surface area (Å²) in [6, 6.07) is 4.57. The van der Waals surface area contributed by atoms with Gasteiger partial charge in [-0.2, -0.15) is 0 Å². The summed E-state index contributed by atoms with van der Waals surface area (Å²) in [6.45, 7) is 3.23. The van der Waals surface area contributed by atoms with Crippen LogP contribution in [0.4, 0.5) is 0 Å². The fraction of sp³-hybridized carbons (Fsp3) is 0.650. The molecular weight excluding hydrogens is 346 g/mol. The van der Waals surface area contributed by atoms with Gasteiger partial charge in [-0.25, -0.2) is 0 Å². The van der Waals surface area contributed by atoms with Crippen molar-refractivity contribution >= 4 is 11.8 Å². The van der Waals surface area contributed by atoms with Crippen LogP contribution in [-0.2, 0) is 9.59 Å². The molecule has 2 N–H and O–H groups in total. The zero-order valence-corrected chi connectivity index (χ0v) is 15.6. The van der Waals surface area contributed by atoms with Crippen molar-refractivity contribution in [2.45, 2.75) is 50.7 Å². The van der Waals surface area contributed by atoms with Gasteiger partial charge in [-0.05, 0) is 37.7 Å². The Bertz CT molecular complexity index is 799. The molecule has 1 aromatic heterocycles. The fourth-order valence-corrected chi connectivity index (χ4v) is 4.97. The molecule has 7 nitrogen and oxygen atoms in total. The van der Waals surface area contributed by atoms with E-state index in [4.69, 9.17) is 0 Å². The van der Waals surface area contributed by atoms with Crippen LogP contribution in [0.3, 0.4) is 0 Å². The number of nitrogens with zero attached hydrogens (tertiary/aromatic N) is 2. The van der Waals surface area contributed by atoms with E-state index in [1.54, 1.807) is 22.5 Å². The highest BCUT2D eigenvalue weighted by Gasteiger charge is 2.44. The summed E-state index contributed by atoms with van der Waals surface area (Å²) >= 11 is 0. The van der Waals surface area contributed by atoms with E-state index in [2.05, 4.69) is 5.32 Å². The fourth-order valence-electron chi connectivity index (χ4n) is 4.97. The first-order valence-electron chi connectivity index (χ1n) is 9.86. The Hall–Kier alpha value is -2.15. The van der Waals surface area contributed by atoms with Gasteiger partial charge in [-0.1, -0.05) is 6.07 Å². The number of amides is 2. The SMILES string of the molecule is CC(=O)N1C[C@H]2C[C@@H](C1)[C@H](C(=O)NCCC1CC(O)C1)n1c2cccc1=O. The summed E-state index contributed by atoms with van der Waals surface area (Å²) < 4.78 is 1.65. The van der Waals surface area contributed by atoms with Crippen LogP contribution >= 0.6 is 0 Å². The zero-order chi connectivity index (χ0) is 19.1. The minimum atomic E-state index is -0.570. The van der Waals surface area contributed by atoms with Crippen LogP contribution in [0.15, 0.2) is 23.0 Å². The summed E-state index contributed by atoms with van der Waals surface area (Å²) in [6.07, 6.45) is 3.09. The maximum absolute atomic E-state index is 13.0. The number of pyridine rings is 1. The number of aliphatic hydroxyl groups excluding tert-OH is 1. The Kier molecular flexibility index (Phi) is 4.80. The molecule has 2 fully saturated rings. The van der Waals surface area contributed by atoms with Crippen LogP contribution in [-0.4, -0.2) is 52.1 Å². The lowest BCUT2D eigenvalue weighted by molar-refractivity contribution is -0.135. The molecule has 1 aliphatic carbocycles. The van der Waals surface area contributed by atoms with Crippen molar-refractivity contribution in [2.75, 3.05) is 19.6 Å². The van der Waals surface area contributed by atoms with Crippen molar-refractivity contribution in [1.29, 1.82) is 0 Å². The molecule has 0 aromatic carbocycles. The summed E-state index contributed by atoms with van der Waals surface area (Å²) in [5.41, 5.74) is 0.702. The van der Waals surface area contributed by atoms with E-state index in [1.807, 2.05) is 6.07 Å². The molecule has 4 rings (SSSR count). The van der Waals surface area contributed by atoms with Crippen molar-refractivity contribution in [3.63, 3.8) is 0 Å². The molecule has 3 aliphatic rings. The minimum absolute atomic E-state index is 0.0131. The van der Waals surface area contributed by atoms with E-state index < -0.39 is 6.04 Å². The van der Waals surface area contributed by atoms with Gasteiger partial charge >= 0.3 is 0 Å². The molecular formula is C20H27N3O4. The van der Waals surface area contributed by atoms with Gasteiger partial charge < -0.3 is 15.3 Å². The average molecular weight is 373 g/mol. The number of likely N-dealkylation sites (tertiary alicyclic amines) is 1. The smallest absolute Gasteiger partial charge is 0.251 e. The van der Waals surface area contributed by atoms with E-state index in [0.717, 1.165) is 31.4 Å². The van der Waals surface area contributed by atoms with Crippen LogP contribution in [0.25, 0.3) is 0 Å². The van der Waals surface area contributed by atoms with Crippen molar-refractivity contribution < 1.29 is 14.7 Å². The van der Waals surface area contributed by atoms with Crippen molar-refractivity contribution in [2.24, 2.45) is 11.8 Å². The average Bonchev–Trinajstić information content (AvgIpc) is 2.61. The lowest BCUT2D eigenvalue weighted by Crippen LogP contribution is -2.54. The van der Waals surface area contributed by atoms with E-state index in [0.29, 0.717) is 25.6 Å². The number of fused-ring (bicyclic) bond motifs is 4. The molecule has 0 unspecified atom stereocenters. The van der Waals surface area contributed by atoms with Gasteiger partial charge in [0.25, 0.3) is 5.56 Å². The van der Waals surface area contributed by atoms with Gasteiger partial charge in [0, 0.05) is 50.2 Å². The van der Waals surface area contributed by atoms with E-state index >= 15 is 0 Å². The summed E-state index contributed by atoms with van der Waals surface area (Å²) in [5.74, 6) is 0.388. The lowest BCUT2D eigenvalue weighted by Gasteiger charge is -2.46. The molecule has 2 bridgehead atoms. The molecule has 1 aromatic rings. The third-order valence-electron chi connectivity index (χ3n) is 6.42. The first-order chi connectivity index (χ1) is 12.9. The number of hydrogen-bond donors (Lipinski definition) is 2. The molecule has 7 heteroatoms. The molecule has 2 aliphatic heterocycles. The van der Waals surface area contributed by atoms with Crippen molar-refractivity contribution in [3.05, 3.63) is 34.2 Å². The number of rotatable bonds is 4. The van der Waals surface area contributed by atoms with E-state index in [1.165, 1.54) is 6.07 Å². The molecule has 0 radical (unpaired) electrons. The Morgan fingerprint density at radius 3 is 2.70 bits per heavy atom. The topological polar surface area (TPSA) is 91.6 Å². The zero-order valence-electron chi connectivity index (χ0n) is 15.6. The number of hydrogen-bond acceptors (Lipinski definition) is 4. The van der Waals surface area contributed by atoms with Gasteiger partial charge in [0.15, 0.2) is 0 Å². The Labute approximate surface area is 158 Å². The summed E-state index contributed by atoms with van der Waals surface area (Å²) in [4.78, 5) is 39.3. The van der Waals surface area contributed by atoms with Crippen LogP contribution in [0.1, 0.15) is 50.3 Å². The highest BCUT2D eigenvalue weighted by Crippen LogP contribution is 2.41. The van der Waals surface area contributed by atoms with Gasteiger partial charge in [-0.15, -0.1) is 0 Å². The van der Waals surface area contributed by atoms with Gasteiger partial charge in [0.05, 0.1) is 6.10 Å². The molecule has 1 saturated carbocycles. The van der Waals surface area contributed by atoms with Crippen LogP contribution in [0.2, 0.25) is 0 Å². The second kappa shape index (κ2) is 7.11. The predicted molar refractivity (Wildman–Crippen MR) is 99.2 cm³/mol. The highest BCUT2D eigenvalue weighted by molar-refractivity contribution is 5.81. The Morgan fingerprint density at radius 2 is 2.00 bits per heavy atom. The number of aromatic nitrogens is 1. The molecule has 3 atom stereocenters. The molecule has 0 spiro atoms. The first kappa shape index (κ1) is 18.2. The Balaban J connectivity index is 1.54. The van der Waals surface area contributed by atoms with Gasteiger partial charge in [-0.3, -0.25) is 19.0 Å². The van der Waals surface area contributed by atoms with Crippen LogP contribution in [0, 0.1) is 11.8 Å². The monoisotopic (exact) mass is 373 g/mol. The van der Waals surface area contributed by atoms with Crippen LogP contribution < -0.4 is 10.9 Å². The third kappa shape index (κ3) is 3.40. The van der Waals surface area contributed by atoms with Gasteiger partial charge in [0.2, 0.25) is 11.8 Å². The summed E-state index contributed by atoms with van der Waals surface area (Å²) in [7, 11) is 0. The summed E-state index contributed by atoms with van der Waals surface area (Å²) in [5, 5.41) is 12.4. The van der Waals surface area contributed by atoms with Crippen molar-refractivity contribution in [1.82, 2.24) is 14.8 Å². The van der Waals surface area contributed by atoms with Crippen molar-refractivity contribution in [3.8, 4) is 0 Å². The first-order valence-corrected chi connectivity index (χ1v) is 9.86. The normalized spacial score (nSPS) is 31.6. The lowest BCUT2D eigenvalue weighted by atomic mass is 9.78. The molecule has 1 saturated heterocycles. The highest BCUT2D eigenvalue weighted by atomic mass is 16.3. The standard InChI is InChI=1S/C20H27N3O4/c1-12(24)22-10-14-9-15(11-22)19(23-17(14)3-2-4-18(23)26)20(27)21-6-5-13-7-16(25)8-13/h2-4,13-16,19,25H,5-11H2,1H3,(H,21,27)/t13?,14-,15+,16?,19-/m1/s1. The maximum Gasteiger partial charge on any atom is 0.251 e. The number of carbonyl (C=O) groups excluding carboxylic acids is 2. The van der Waals surface area contributed by atoms with E-state index in [-0.39, 0.29) is 35.3 Å². The quantitative estimate of drug-likeness (QED) is 0.810. The minimum Gasteiger partial charge on any atom is -0.393 e. The number of aliphatic hydroxyl groups is 1. The molecule has 146 valence electrons. The van der Waals surface area contributed by atoms with E-state index in [9.17, 15) is 19.5 Å². The number of nitrogens with one attached hydrogen (secondary N) is 1. The number of piperidine rings is 1. The largest absolute Gasteiger partial charge is 0.393 e.